The van der Waals surface area contributed by atoms with Crippen LogP contribution in [-0.4, -0.2) is 10.0 Å². The van der Waals surface area contributed by atoms with Crippen LogP contribution >= 0.6 is 28.3 Å². The predicted molar refractivity (Wildman–Crippen MR) is 71.5 cm³/mol. The number of benzene rings is 1. The zero-order valence-corrected chi connectivity index (χ0v) is 11.6. The van der Waals surface area contributed by atoms with E-state index >= 15 is 0 Å². The topological polar surface area (TPSA) is 89.4 Å². The molecule has 0 heterocycles. The van der Waals surface area contributed by atoms with Gasteiger partial charge >= 0.3 is 5.69 Å². The number of rotatable bonds is 4. The van der Waals surface area contributed by atoms with Crippen molar-refractivity contribution in [2.75, 3.05) is 0 Å². The quantitative estimate of drug-likeness (QED) is 0.656. The lowest BCUT2D eigenvalue weighted by Gasteiger charge is -2.13. The lowest BCUT2D eigenvalue weighted by Crippen LogP contribution is -2.10. The molecule has 0 spiro atoms. The summed E-state index contributed by atoms with van der Waals surface area (Å²) in [6, 6.07) is 2.49. The Hall–Kier alpha value is -0.850. The highest BCUT2D eigenvalue weighted by Crippen LogP contribution is 2.37. The second-order valence-corrected chi connectivity index (χ2v) is 4.43. The van der Waals surface area contributed by atoms with Crippen molar-refractivity contribution in [1.82, 2.24) is 0 Å². The first kappa shape index (κ1) is 16.1. The van der Waals surface area contributed by atoms with Crippen LogP contribution in [0.4, 0.5) is 5.69 Å². The average Bonchev–Trinajstić information content (AvgIpc) is 2.20. The number of phenols is 1. The lowest BCUT2D eigenvalue weighted by molar-refractivity contribution is -0.386. The molecule has 0 unspecified atom stereocenters. The molecule has 0 aliphatic carbocycles. The molecule has 0 aromatic heterocycles. The van der Waals surface area contributed by atoms with E-state index in [1.165, 1.54) is 6.07 Å². The van der Waals surface area contributed by atoms with Gasteiger partial charge in [0.25, 0.3) is 0 Å². The Bertz CT molecular complexity index is 415. The molecular formula is C10H14BrClN2O3. The van der Waals surface area contributed by atoms with E-state index in [1.54, 1.807) is 6.07 Å². The summed E-state index contributed by atoms with van der Waals surface area (Å²) in [5.41, 5.74) is 5.92. The van der Waals surface area contributed by atoms with Crippen molar-refractivity contribution in [3.63, 3.8) is 0 Å². The van der Waals surface area contributed by atoms with E-state index in [0.717, 1.165) is 6.42 Å². The number of nitrogens with zero attached hydrogens (tertiary/aromatic N) is 1. The molecule has 0 bridgehead atoms. The van der Waals surface area contributed by atoms with Crippen molar-refractivity contribution in [2.24, 2.45) is 5.73 Å². The van der Waals surface area contributed by atoms with Crippen molar-refractivity contribution in [3.8, 4) is 5.75 Å². The van der Waals surface area contributed by atoms with Gasteiger partial charge in [0.2, 0.25) is 0 Å². The highest BCUT2D eigenvalue weighted by atomic mass is 79.9. The lowest BCUT2D eigenvalue weighted by atomic mass is 10.0. The highest BCUT2D eigenvalue weighted by molar-refractivity contribution is 9.10. The normalized spacial score (nSPS) is 11.7. The van der Waals surface area contributed by atoms with Crippen LogP contribution in [0, 0.1) is 10.1 Å². The van der Waals surface area contributed by atoms with Gasteiger partial charge in [0.1, 0.15) is 0 Å². The van der Waals surface area contributed by atoms with Crippen molar-refractivity contribution in [1.29, 1.82) is 0 Å². The number of halogens is 2. The maximum Gasteiger partial charge on any atom is 0.312 e. The first-order valence-electron chi connectivity index (χ1n) is 4.89. The molecule has 0 amide bonds. The molecule has 7 heteroatoms. The van der Waals surface area contributed by atoms with Gasteiger partial charge in [0.15, 0.2) is 5.75 Å². The maximum atomic E-state index is 10.7. The molecular weight excluding hydrogens is 311 g/mol. The van der Waals surface area contributed by atoms with Gasteiger partial charge < -0.3 is 10.8 Å². The molecule has 17 heavy (non-hydrogen) atoms. The van der Waals surface area contributed by atoms with Crippen molar-refractivity contribution >= 4 is 34.0 Å². The summed E-state index contributed by atoms with van der Waals surface area (Å²) in [5.74, 6) is -0.339. The van der Waals surface area contributed by atoms with Crippen LogP contribution in [-0.2, 0) is 0 Å². The molecule has 0 fully saturated rings. The molecule has 0 saturated carbocycles. The molecule has 5 nitrogen and oxygen atoms in total. The zero-order valence-electron chi connectivity index (χ0n) is 9.22. The summed E-state index contributed by atoms with van der Waals surface area (Å²) in [7, 11) is 0. The van der Waals surface area contributed by atoms with Gasteiger partial charge in [-0.25, -0.2) is 0 Å². The summed E-state index contributed by atoms with van der Waals surface area (Å²) in [5, 5.41) is 20.4. The molecule has 0 radical (unpaired) electrons. The Labute approximate surface area is 114 Å². The Morgan fingerprint density at radius 3 is 2.65 bits per heavy atom. The van der Waals surface area contributed by atoms with E-state index in [9.17, 15) is 15.2 Å². The fraction of sp³-hybridized carbons (Fsp3) is 0.400. The van der Waals surface area contributed by atoms with Gasteiger partial charge in [-0.1, -0.05) is 29.3 Å². The minimum absolute atomic E-state index is 0. The second-order valence-electron chi connectivity index (χ2n) is 3.52. The SMILES string of the molecule is CCC[C@H](N)c1cc(Br)cc([N+](=O)[O-])c1O.Cl. The molecule has 96 valence electrons. The minimum atomic E-state index is -0.623. The van der Waals surface area contributed by atoms with Gasteiger partial charge in [-0.05, 0) is 12.5 Å². The van der Waals surface area contributed by atoms with Crippen molar-refractivity contribution in [2.45, 2.75) is 25.8 Å². The summed E-state index contributed by atoms with van der Waals surface area (Å²) in [6.07, 6.45) is 1.52. The van der Waals surface area contributed by atoms with Crippen molar-refractivity contribution < 1.29 is 10.0 Å². The molecule has 0 aliphatic rings. The summed E-state index contributed by atoms with van der Waals surface area (Å²) >= 11 is 3.16. The average molecular weight is 326 g/mol. The minimum Gasteiger partial charge on any atom is -0.502 e. The summed E-state index contributed by atoms with van der Waals surface area (Å²) in [6.45, 7) is 1.96. The van der Waals surface area contributed by atoms with Crippen LogP contribution in [0.5, 0.6) is 5.75 Å². The van der Waals surface area contributed by atoms with Crippen LogP contribution in [0.25, 0.3) is 0 Å². The maximum absolute atomic E-state index is 10.7. The Morgan fingerprint density at radius 1 is 1.59 bits per heavy atom. The zero-order chi connectivity index (χ0) is 12.3. The standard InChI is InChI=1S/C10H13BrN2O3.ClH/c1-2-3-8(12)7-4-6(11)5-9(10(7)14)13(15)16;/h4-5,8,14H,2-3,12H2,1H3;1H/t8-;/m0./s1. The summed E-state index contributed by atoms with van der Waals surface area (Å²) < 4.78 is 0.540. The van der Waals surface area contributed by atoms with E-state index in [0.29, 0.717) is 16.5 Å². The Balaban J connectivity index is 0.00000256. The second kappa shape index (κ2) is 6.78. The number of hydrogen-bond acceptors (Lipinski definition) is 4. The van der Waals surface area contributed by atoms with Gasteiger partial charge in [-0.15, -0.1) is 12.4 Å². The molecule has 1 rings (SSSR count). The molecule has 1 aromatic carbocycles. The molecule has 0 saturated heterocycles. The number of nitro groups is 1. The third-order valence-corrected chi connectivity index (χ3v) is 2.74. The molecule has 3 N–H and O–H groups in total. The third-order valence-electron chi connectivity index (χ3n) is 2.28. The van der Waals surface area contributed by atoms with Crippen LogP contribution in [0.2, 0.25) is 0 Å². The van der Waals surface area contributed by atoms with Crippen LogP contribution in [0.3, 0.4) is 0 Å². The monoisotopic (exact) mass is 324 g/mol. The number of aromatic hydroxyl groups is 1. The van der Waals surface area contributed by atoms with E-state index in [-0.39, 0.29) is 29.9 Å². The number of hydrogen-bond donors (Lipinski definition) is 2. The molecule has 1 atom stereocenters. The fourth-order valence-electron chi connectivity index (χ4n) is 1.49. The highest BCUT2D eigenvalue weighted by Gasteiger charge is 2.21. The van der Waals surface area contributed by atoms with E-state index in [4.69, 9.17) is 5.73 Å². The fourth-order valence-corrected chi connectivity index (χ4v) is 1.96. The van der Waals surface area contributed by atoms with Gasteiger partial charge in [-0.2, -0.15) is 0 Å². The first-order chi connectivity index (χ1) is 7.47. The van der Waals surface area contributed by atoms with Crippen LogP contribution < -0.4 is 5.73 Å². The Kier molecular flexibility index (Phi) is 6.44. The first-order valence-corrected chi connectivity index (χ1v) is 5.69. The van der Waals surface area contributed by atoms with Gasteiger partial charge in [0, 0.05) is 22.1 Å². The number of nitrogens with two attached hydrogens (primary N) is 1. The number of phenolic OH excluding ortho intramolecular Hbond substituents is 1. The van der Waals surface area contributed by atoms with Crippen LogP contribution in [0.1, 0.15) is 31.4 Å². The van der Waals surface area contributed by atoms with Crippen LogP contribution in [0.15, 0.2) is 16.6 Å². The van der Waals surface area contributed by atoms with E-state index in [1.807, 2.05) is 6.92 Å². The Morgan fingerprint density at radius 2 is 2.18 bits per heavy atom. The molecule has 1 aromatic rings. The van der Waals surface area contributed by atoms with E-state index in [2.05, 4.69) is 15.9 Å². The van der Waals surface area contributed by atoms with Crippen molar-refractivity contribution in [3.05, 3.63) is 32.3 Å². The molecule has 0 aliphatic heterocycles. The smallest absolute Gasteiger partial charge is 0.312 e. The third kappa shape index (κ3) is 3.83. The number of nitro benzene ring substituents is 1. The van der Waals surface area contributed by atoms with E-state index < -0.39 is 4.92 Å². The largest absolute Gasteiger partial charge is 0.502 e. The van der Waals surface area contributed by atoms with Gasteiger partial charge in [-0.3, -0.25) is 10.1 Å². The van der Waals surface area contributed by atoms with Gasteiger partial charge in [0.05, 0.1) is 4.92 Å². The summed E-state index contributed by atoms with van der Waals surface area (Å²) in [4.78, 5) is 10.1. The predicted octanol–water partition coefficient (Wildman–Crippen LogP) is 3.28.